The van der Waals surface area contributed by atoms with Crippen molar-refractivity contribution < 1.29 is 9.53 Å². The summed E-state index contributed by atoms with van der Waals surface area (Å²) in [5.41, 5.74) is 2.10. The van der Waals surface area contributed by atoms with Gasteiger partial charge in [-0.25, -0.2) is 5.84 Å². The minimum atomic E-state index is -0.293. The Balaban J connectivity index is 2.07. The van der Waals surface area contributed by atoms with Crippen molar-refractivity contribution in [3.63, 3.8) is 0 Å². The van der Waals surface area contributed by atoms with Crippen LogP contribution in [0.1, 0.15) is 14.5 Å². The number of rotatable bonds is 4. The molecule has 7 heteroatoms. The van der Waals surface area contributed by atoms with Gasteiger partial charge in [0.05, 0.1) is 13.8 Å². The molecular formula is C12H10Br2N2O2S. The number of nitrogens with two attached hydrogens (primary N) is 1. The van der Waals surface area contributed by atoms with Gasteiger partial charge in [0, 0.05) is 4.88 Å². The molecular weight excluding hydrogens is 396 g/mol. The summed E-state index contributed by atoms with van der Waals surface area (Å²) in [6.45, 7) is 0.393. The highest BCUT2D eigenvalue weighted by Crippen LogP contribution is 2.33. The van der Waals surface area contributed by atoms with E-state index < -0.39 is 0 Å². The van der Waals surface area contributed by atoms with Gasteiger partial charge in [0.15, 0.2) is 0 Å². The number of amides is 1. The predicted octanol–water partition coefficient (Wildman–Crippen LogP) is 3.46. The predicted molar refractivity (Wildman–Crippen MR) is 82.1 cm³/mol. The van der Waals surface area contributed by atoms with E-state index in [1.807, 2.05) is 24.3 Å². The van der Waals surface area contributed by atoms with Gasteiger partial charge in [0.2, 0.25) is 0 Å². The van der Waals surface area contributed by atoms with Gasteiger partial charge < -0.3 is 4.74 Å². The highest BCUT2D eigenvalue weighted by atomic mass is 79.9. The molecule has 4 nitrogen and oxygen atoms in total. The van der Waals surface area contributed by atoms with Gasteiger partial charge in [-0.15, -0.1) is 11.3 Å². The van der Waals surface area contributed by atoms with E-state index in [0.29, 0.717) is 11.5 Å². The number of thiophene rings is 1. The summed E-state index contributed by atoms with van der Waals surface area (Å²) in [7, 11) is 0. The number of carbonyl (C=O) groups is 1. The number of benzene rings is 1. The summed E-state index contributed by atoms with van der Waals surface area (Å²) in [5, 5.41) is 0. The first-order valence-electron chi connectivity index (χ1n) is 5.28. The van der Waals surface area contributed by atoms with E-state index in [-0.39, 0.29) is 5.91 Å². The van der Waals surface area contributed by atoms with Crippen molar-refractivity contribution in [2.75, 3.05) is 0 Å². The molecule has 0 spiro atoms. The van der Waals surface area contributed by atoms with E-state index in [2.05, 4.69) is 37.3 Å². The number of nitrogens with one attached hydrogen (secondary N) is 1. The van der Waals surface area contributed by atoms with Crippen LogP contribution in [0.2, 0.25) is 0 Å². The molecule has 0 saturated heterocycles. The van der Waals surface area contributed by atoms with Crippen LogP contribution in [0.5, 0.6) is 5.75 Å². The van der Waals surface area contributed by atoms with Crippen LogP contribution in [0.4, 0.5) is 0 Å². The topological polar surface area (TPSA) is 64.3 Å². The van der Waals surface area contributed by atoms with Crippen LogP contribution in [0.25, 0.3) is 0 Å². The number of nitrogen functional groups attached to an aromatic ring is 1. The second-order valence-corrected chi connectivity index (χ2v) is 6.46. The zero-order valence-corrected chi connectivity index (χ0v) is 13.6. The van der Waals surface area contributed by atoms with Gasteiger partial charge in [0.25, 0.3) is 5.91 Å². The molecule has 100 valence electrons. The van der Waals surface area contributed by atoms with Crippen molar-refractivity contribution in [2.45, 2.75) is 6.61 Å². The van der Waals surface area contributed by atoms with Crippen LogP contribution >= 0.6 is 43.2 Å². The Morgan fingerprint density at radius 3 is 2.58 bits per heavy atom. The van der Waals surface area contributed by atoms with Gasteiger partial charge >= 0.3 is 0 Å². The zero-order valence-electron chi connectivity index (χ0n) is 9.65. The van der Waals surface area contributed by atoms with Crippen molar-refractivity contribution >= 4 is 49.1 Å². The first-order chi connectivity index (χ1) is 9.11. The summed E-state index contributed by atoms with van der Waals surface area (Å²) in [6, 6.07) is 9.29. The Morgan fingerprint density at radius 1 is 1.26 bits per heavy atom. The second kappa shape index (κ2) is 6.51. The number of carbonyl (C=O) groups excluding carboxylic acids is 1. The number of halogens is 2. The SMILES string of the molecule is NNC(=O)c1ccc(COc2c(Br)cccc2Br)s1. The molecule has 1 amide bonds. The van der Waals surface area contributed by atoms with Crippen molar-refractivity contribution in [3.05, 3.63) is 49.0 Å². The third-order valence-corrected chi connectivity index (χ3v) is 4.60. The fraction of sp³-hybridized carbons (Fsp3) is 0.0833. The molecule has 1 aromatic heterocycles. The molecule has 0 radical (unpaired) electrons. The van der Waals surface area contributed by atoms with E-state index in [1.54, 1.807) is 6.07 Å². The summed E-state index contributed by atoms with van der Waals surface area (Å²) >= 11 is 8.20. The highest BCUT2D eigenvalue weighted by Gasteiger charge is 2.10. The first-order valence-corrected chi connectivity index (χ1v) is 7.68. The Bertz CT molecular complexity index is 581. The second-order valence-electron chi connectivity index (χ2n) is 3.58. The maximum absolute atomic E-state index is 11.3. The first kappa shape index (κ1) is 14.5. The van der Waals surface area contributed by atoms with Crippen LogP contribution in [0.15, 0.2) is 39.3 Å². The van der Waals surface area contributed by atoms with Gasteiger partial charge in [0.1, 0.15) is 12.4 Å². The molecule has 0 bridgehead atoms. The molecule has 0 aliphatic carbocycles. The van der Waals surface area contributed by atoms with Crippen LogP contribution in [0.3, 0.4) is 0 Å². The van der Waals surface area contributed by atoms with Crippen molar-refractivity contribution in [3.8, 4) is 5.75 Å². The maximum atomic E-state index is 11.3. The smallest absolute Gasteiger partial charge is 0.275 e. The average Bonchev–Trinajstić information content (AvgIpc) is 2.86. The van der Waals surface area contributed by atoms with E-state index in [9.17, 15) is 4.79 Å². The van der Waals surface area contributed by atoms with Crippen molar-refractivity contribution in [2.24, 2.45) is 5.84 Å². The number of ether oxygens (including phenoxy) is 1. The molecule has 19 heavy (non-hydrogen) atoms. The number of para-hydroxylation sites is 1. The van der Waals surface area contributed by atoms with Crippen molar-refractivity contribution in [1.82, 2.24) is 5.43 Å². The van der Waals surface area contributed by atoms with Crippen molar-refractivity contribution in [1.29, 1.82) is 0 Å². The highest BCUT2D eigenvalue weighted by molar-refractivity contribution is 9.11. The van der Waals surface area contributed by atoms with E-state index in [0.717, 1.165) is 19.6 Å². The molecule has 0 fully saturated rings. The molecule has 3 N–H and O–H groups in total. The lowest BCUT2D eigenvalue weighted by molar-refractivity contribution is 0.0957. The molecule has 0 aliphatic rings. The largest absolute Gasteiger partial charge is 0.486 e. The Morgan fingerprint density at radius 2 is 1.95 bits per heavy atom. The van der Waals surface area contributed by atoms with Gasteiger partial charge in [-0.2, -0.15) is 0 Å². The van der Waals surface area contributed by atoms with E-state index in [1.165, 1.54) is 11.3 Å². The normalized spacial score (nSPS) is 10.3. The molecule has 0 unspecified atom stereocenters. The molecule has 1 aromatic carbocycles. The van der Waals surface area contributed by atoms with Gasteiger partial charge in [-0.3, -0.25) is 10.2 Å². The number of hydrogen-bond donors (Lipinski definition) is 2. The summed E-state index contributed by atoms with van der Waals surface area (Å²) in [6.07, 6.45) is 0. The Labute approximate surface area is 131 Å². The molecule has 0 saturated carbocycles. The Kier molecular flexibility index (Phi) is 4.98. The number of hydrazine groups is 1. The quantitative estimate of drug-likeness (QED) is 0.465. The molecule has 2 aromatic rings. The van der Waals surface area contributed by atoms with Crippen LogP contribution < -0.4 is 16.0 Å². The standard InChI is InChI=1S/C12H10Br2N2O2S/c13-8-2-1-3-9(14)11(8)18-6-7-4-5-10(19-7)12(17)16-15/h1-5H,6,15H2,(H,16,17). The van der Waals surface area contributed by atoms with Gasteiger partial charge in [-0.1, -0.05) is 6.07 Å². The third kappa shape index (κ3) is 3.56. The molecule has 1 heterocycles. The minimum absolute atomic E-state index is 0.293. The van der Waals surface area contributed by atoms with E-state index >= 15 is 0 Å². The monoisotopic (exact) mass is 404 g/mol. The zero-order chi connectivity index (χ0) is 13.8. The lowest BCUT2D eigenvalue weighted by Crippen LogP contribution is -2.29. The fourth-order valence-corrected chi connectivity index (χ4v) is 3.46. The summed E-state index contributed by atoms with van der Waals surface area (Å²) in [4.78, 5) is 12.8. The third-order valence-electron chi connectivity index (χ3n) is 2.29. The molecule has 0 aliphatic heterocycles. The Hall–Kier alpha value is -0.890. The number of hydrogen-bond acceptors (Lipinski definition) is 4. The maximum Gasteiger partial charge on any atom is 0.275 e. The average molecular weight is 406 g/mol. The summed E-state index contributed by atoms with van der Waals surface area (Å²) < 4.78 is 7.48. The molecule has 2 rings (SSSR count). The van der Waals surface area contributed by atoms with Gasteiger partial charge in [-0.05, 0) is 56.1 Å². The van der Waals surface area contributed by atoms with Crippen LogP contribution in [0, 0.1) is 0 Å². The van der Waals surface area contributed by atoms with E-state index in [4.69, 9.17) is 10.6 Å². The summed E-state index contributed by atoms with van der Waals surface area (Å²) in [5.74, 6) is 5.53. The fourth-order valence-electron chi connectivity index (χ4n) is 1.41. The molecule has 0 atom stereocenters. The van der Waals surface area contributed by atoms with Crippen LogP contribution in [-0.2, 0) is 6.61 Å². The van der Waals surface area contributed by atoms with Crippen LogP contribution in [-0.4, -0.2) is 5.91 Å². The lowest BCUT2D eigenvalue weighted by atomic mass is 10.3. The minimum Gasteiger partial charge on any atom is -0.486 e. The lowest BCUT2D eigenvalue weighted by Gasteiger charge is -2.08.